The van der Waals surface area contributed by atoms with Gasteiger partial charge in [-0.3, -0.25) is 9.59 Å². The second-order valence-corrected chi connectivity index (χ2v) is 12.1. The molecule has 1 heterocycles. The van der Waals surface area contributed by atoms with Gasteiger partial charge in [-0.2, -0.15) is 0 Å². The van der Waals surface area contributed by atoms with Crippen molar-refractivity contribution in [3.63, 3.8) is 0 Å². The van der Waals surface area contributed by atoms with E-state index in [1.165, 1.54) is 27.8 Å². The second-order valence-electron chi connectivity index (χ2n) is 12.1. The minimum Gasteiger partial charge on any atom is -0.310 e. The number of allylic oxidation sites excluding steroid dienone is 1. The number of para-hydroxylation sites is 2. The lowest BCUT2D eigenvalue weighted by Crippen LogP contribution is -2.36. The van der Waals surface area contributed by atoms with E-state index in [1.807, 2.05) is 32.1 Å². The first-order chi connectivity index (χ1) is 22.1. The first-order valence-corrected chi connectivity index (χ1v) is 15.3. The summed E-state index contributed by atoms with van der Waals surface area (Å²) in [5.41, 5.74) is 12.8. The molecule has 0 saturated heterocycles. The Kier molecular flexibility index (Phi) is 5.36. The molecule has 6 aromatic rings. The molecule has 6 aromatic carbocycles. The van der Waals surface area contributed by atoms with Gasteiger partial charge in [0.15, 0.2) is 11.6 Å². The standard InChI is InChI=1S/C41H26BNO2/c42-26-19-20-30-31(24-26)40(45)32(39(30)44)22-25-18-21-38-36(23-25)41(33-14-6-4-12-28(33)29-13-5-7-15-34(29)41)35-16-8-9-17-37(35)43(38)27-10-2-1-3-11-27/h1-24H,42H2/b32-22-. The van der Waals surface area contributed by atoms with Crippen LogP contribution in [0.2, 0.25) is 0 Å². The lowest BCUT2D eigenvalue weighted by molar-refractivity contribution is 0.0990. The fourth-order valence-corrected chi connectivity index (χ4v) is 7.81. The predicted molar refractivity (Wildman–Crippen MR) is 183 cm³/mol. The van der Waals surface area contributed by atoms with Gasteiger partial charge in [-0.1, -0.05) is 115 Å². The third-order valence-corrected chi connectivity index (χ3v) is 9.65. The second kappa shape index (κ2) is 9.38. The summed E-state index contributed by atoms with van der Waals surface area (Å²) in [7, 11) is 1.94. The van der Waals surface area contributed by atoms with Crippen molar-refractivity contribution in [3.05, 3.63) is 184 Å². The summed E-state index contributed by atoms with van der Waals surface area (Å²) in [6.45, 7) is 0. The Labute approximate surface area is 262 Å². The summed E-state index contributed by atoms with van der Waals surface area (Å²) in [5.74, 6) is -0.422. The largest absolute Gasteiger partial charge is 0.310 e. The normalized spacial score (nSPS) is 15.9. The number of benzene rings is 6. The van der Waals surface area contributed by atoms with Crippen LogP contribution in [0.1, 0.15) is 48.5 Å². The Morgan fingerprint density at radius 3 is 1.84 bits per heavy atom. The monoisotopic (exact) mass is 575 g/mol. The van der Waals surface area contributed by atoms with E-state index in [1.54, 1.807) is 12.1 Å². The van der Waals surface area contributed by atoms with Crippen LogP contribution in [-0.2, 0) is 5.41 Å². The van der Waals surface area contributed by atoms with Crippen LogP contribution in [0.5, 0.6) is 0 Å². The zero-order valence-corrected chi connectivity index (χ0v) is 24.6. The molecule has 0 unspecified atom stereocenters. The number of carbonyl (C=O) groups excluding carboxylic acids is 2. The molecule has 0 N–H and O–H groups in total. The molecule has 3 aliphatic rings. The summed E-state index contributed by atoms with van der Waals surface area (Å²) in [6, 6.07) is 48.4. The Bertz CT molecular complexity index is 2240. The highest BCUT2D eigenvalue weighted by Crippen LogP contribution is 2.63. The first-order valence-electron chi connectivity index (χ1n) is 15.3. The van der Waals surface area contributed by atoms with Crippen LogP contribution in [0.15, 0.2) is 145 Å². The lowest BCUT2D eigenvalue weighted by atomic mass is 9.64. The maximum atomic E-state index is 13.5. The van der Waals surface area contributed by atoms with Gasteiger partial charge in [0.05, 0.1) is 22.4 Å². The molecule has 4 heteroatoms. The maximum absolute atomic E-state index is 13.5. The maximum Gasteiger partial charge on any atom is 0.197 e. The van der Waals surface area contributed by atoms with E-state index in [9.17, 15) is 9.59 Å². The van der Waals surface area contributed by atoms with Gasteiger partial charge in [0.2, 0.25) is 0 Å². The molecule has 0 saturated carbocycles. The van der Waals surface area contributed by atoms with Gasteiger partial charge in [0, 0.05) is 16.8 Å². The highest BCUT2D eigenvalue weighted by atomic mass is 16.2. The number of anilines is 3. The average molecular weight is 575 g/mol. The quantitative estimate of drug-likeness (QED) is 0.121. The molecule has 210 valence electrons. The molecule has 0 fully saturated rings. The SMILES string of the molecule is Bc1ccc2c(c1)C(=O)/C(=C\c1ccc3c(c1)C1(c4ccccc4-c4ccccc41)c1ccccc1N3c1ccccc1)C2=O. The topological polar surface area (TPSA) is 37.4 Å². The van der Waals surface area contributed by atoms with E-state index in [-0.39, 0.29) is 17.1 Å². The van der Waals surface area contributed by atoms with E-state index in [2.05, 4.69) is 114 Å². The average Bonchev–Trinajstić information content (AvgIpc) is 3.50. The van der Waals surface area contributed by atoms with Crippen LogP contribution in [-0.4, -0.2) is 19.4 Å². The van der Waals surface area contributed by atoms with Crippen LogP contribution in [0.25, 0.3) is 17.2 Å². The van der Waals surface area contributed by atoms with Crippen molar-refractivity contribution >= 4 is 48.0 Å². The zero-order valence-electron chi connectivity index (χ0n) is 24.6. The van der Waals surface area contributed by atoms with Gasteiger partial charge in [-0.15, -0.1) is 0 Å². The van der Waals surface area contributed by atoms with Crippen molar-refractivity contribution in [2.45, 2.75) is 5.41 Å². The molecule has 0 aromatic heterocycles. The third kappa shape index (κ3) is 3.42. The Balaban J connectivity index is 1.35. The molecule has 0 atom stereocenters. The molecule has 0 amide bonds. The van der Waals surface area contributed by atoms with E-state index in [0.717, 1.165) is 33.7 Å². The minimum atomic E-state index is -0.595. The van der Waals surface area contributed by atoms with Crippen molar-refractivity contribution < 1.29 is 9.59 Å². The van der Waals surface area contributed by atoms with Crippen LogP contribution in [0, 0.1) is 0 Å². The van der Waals surface area contributed by atoms with Gasteiger partial charge < -0.3 is 4.90 Å². The smallest absolute Gasteiger partial charge is 0.197 e. The number of nitrogens with zero attached hydrogens (tertiary/aromatic N) is 1. The highest BCUT2D eigenvalue weighted by Gasteiger charge is 2.51. The molecule has 45 heavy (non-hydrogen) atoms. The van der Waals surface area contributed by atoms with E-state index in [0.29, 0.717) is 11.1 Å². The Morgan fingerprint density at radius 2 is 1.11 bits per heavy atom. The predicted octanol–water partition coefficient (Wildman–Crippen LogP) is 7.55. The number of hydrogen-bond acceptors (Lipinski definition) is 3. The summed E-state index contributed by atoms with van der Waals surface area (Å²) in [4.78, 5) is 29.4. The van der Waals surface area contributed by atoms with E-state index < -0.39 is 5.41 Å². The summed E-state index contributed by atoms with van der Waals surface area (Å²) >= 11 is 0. The molecule has 0 bridgehead atoms. The van der Waals surface area contributed by atoms with Crippen LogP contribution in [0.3, 0.4) is 0 Å². The molecule has 1 spiro atoms. The molecular formula is C41H26BNO2. The number of carbonyl (C=O) groups is 2. The lowest BCUT2D eigenvalue weighted by Gasteiger charge is -2.45. The van der Waals surface area contributed by atoms with Gasteiger partial charge in [0.1, 0.15) is 7.85 Å². The molecule has 9 rings (SSSR count). The molecule has 2 aliphatic carbocycles. The highest BCUT2D eigenvalue weighted by molar-refractivity contribution is 6.43. The fourth-order valence-electron chi connectivity index (χ4n) is 7.81. The number of hydrogen-bond donors (Lipinski definition) is 0. The van der Waals surface area contributed by atoms with Crippen molar-refractivity contribution in [1.29, 1.82) is 0 Å². The Hall–Kier alpha value is -5.74. The number of Topliss-reactive ketones (excluding diaryl/α,β-unsaturated/α-hetero) is 2. The molecule has 1 aliphatic heterocycles. The molecule has 3 nitrogen and oxygen atoms in total. The minimum absolute atomic E-state index is 0.209. The summed E-state index contributed by atoms with van der Waals surface area (Å²) in [6.07, 6.45) is 1.79. The van der Waals surface area contributed by atoms with Gasteiger partial charge in [0.25, 0.3) is 0 Å². The van der Waals surface area contributed by atoms with Crippen molar-refractivity contribution in [1.82, 2.24) is 0 Å². The van der Waals surface area contributed by atoms with Crippen molar-refractivity contribution in [2.75, 3.05) is 4.90 Å². The van der Waals surface area contributed by atoms with E-state index in [4.69, 9.17) is 0 Å². The van der Waals surface area contributed by atoms with E-state index >= 15 is 0 Å². The van der Waals surface area contributed by atoms with Crippen molar-refractivity contribution in [2.24, 2.45) is 0 Å². The number of ketones is 2. The van der Waals surface area contributed by atoms with Gasteiger partial charge in [-0.05, 0) is 75.4 Å². The first kappa shape index (κ1) is 25.7. The van der Waals surface area contributed by atoms with Crippen LogP contribution in [0.4, 0.5) is 17.1 Å². The fraction of sp³-hybridized carbons (Fsp3) is 0.0244. The third-order valence-electron chi connectivity index (χ3n) is 9.65. The molecular weight excluding hydrogens is 549 g/mol. The number of rotatable bonds is 2. The molecule has 0 radical (unpaired) electrons. The van der Waals surface area contributed by atoms with Crippen molar-refractivity contribution in [3.8, 4) is 11.1 Å². The van der Waals surface area contributed by atoms with Crippen LogP contribution < -0.4 is 10.4 Å². The number of fused-ring (bicyclic) bond motifs is 10. The van der Waals surface area contributed by atoms with Gasteiger partial charge >= 0.3 is 0 Å². The summed E-state index contributed by atoms with van der Waals surface area (Å²) in [5, 5.41) is 0. The van der Waals surface area contributed by atoms with Gasteiger partial charge in [-0.25, -0.2) is 0 Å². The zero-order chi connectivity index (χ0) is 30.3. The Morgan fingerprint density at radius 1 is 0.511 bits per heavy atom. The van der Waals surface area contributed by atoms with Crippen LogP contribution >= 0.6 is 0 Å². The summed E-state index contributed by atoms with van der Waals surface area (Å²) < 4.78 is 0.